The Morgan fingerprint density at radius 1 is 0.964 bits per heavy atom. The van der Waals surface area contributed by atoms with E-state index in [1.165, 1.54) is 29.5 Å². The molecule has 3 aromatic heterocycles. The summed E-state index contributed by atoms with van der Waals surface area (Å²) in [5.74, 6) is -2.09. The Morgan fingerprint density at radius 2 is 1.61 bits per heavy atom. The van der Waals surface area contributed by atoms with Crippen molar-refractivity contribution < 1.29 is 19.5 Å². The molecule has 0 aliphatic rings. The summed E-state index contributed by atoms with van der Waals surface area (Å²) < 4.78 is 4.08. The van der Waals surface area contributed by atoms with Crippen molar-refractivity contribution in [2.75, 3.05) is 10.6 Å². The van der Waals surface area contributed by atoms with Crippen molar-refractivity contribution in [2.24, 2.45) is 14.1 Å². The summed E-state index contributed by atoms with van der Waals surface area (Å²) >= 11 is 0. The number of nitrogens with zero attached hydrogens (tertiary/aromatic N) is 6. The fraction of sp³-hybridized carbons (Fsp3) is 0.250. The zero-order valence-corrected chi connectivity index (χ0v) is 15.4. The van der Waals surface area contributed by atoms with Gasteiger partial charge in [0.1, 0.15) is 12.2 Å². The smallest absolute Gasteiger partial charge is 0.325 e. The molecule has 3 rings (SSSR count). The summed E-state index contributed by atoms with van der Waals surface area (Å²) in [5, 5.41) is 26.0. The van der Waals surface area contributed by atoms with Crippen molar-refractivity contribution in [3.8, 4) is 0 Å². The predicted molar refractivity (Wildman–Crippen MR) is 96.9 cm³/mol. The summed E-state index contributed by atoms with van der Waals surface area (Å²) in [4.78, 5) is 35.8. The molecule has 0 saturated carbocycles. The van der Waals surface area contributed by atoms with Crippen LogP contribution in [0.15, 0.2) is 24.8 Å². The third kappa shape index (κ3) is 3.75. The Bertz CT molecular complexity index is 1060. The van der Waals surface area contributed by atoms with Crippen molar-refractivity contribution >= 4 is 29.2 Å². The van der Waals surface area contributed by atoms with Crippen LogP contribution in [0.25, 0.3) is 0 Å². The van der Waals surface area contributed by atoms with E-state index in [-0.39, 0.29) is 23.5 Å². The number of carboxylic acids is 1. The molecular formula is C16H18N8O4. The minimum Gasteiger partial charge on any atom is -0.480 e. The second-order valence-corrected chi connectivity index (χ2v) is 6.03. The van der Waals surface area contributed by atoms with Crippen LogP contribution in [0.3, 0.4) is 0 Å². The third-order valence-electron chi connectivity index (χ3n) is 4.08. The van der Waals surface area contributed by atoms with Gasteiger partial charge in [-0.15, -0.1) is 0 Å². The molecule has 3 N–H and O–H groups in total. The van der Waals surface area contributed by atoms with Crippen molar-refractivity contribution in [1.82, 2.24) is 29.3 Å². The van der Waals surface area contributed by atoms with E-state index in [0.29, 0.717) is 5.69 Å². The largest absolute Gasteiger partial charge is 0.480 e. The first kappa shape index (κ1) is 18.8. The lowest BCUT2D eigenvalue weighted by atomic mass is 10.3. The molecule has 146 valence electrons. The van der Waals surface area contributed by atoms with Crippen LogP contribution in [0, 0.1) is 6.92 Å². The van der Waals surface area contributed by atoms with Crippen LogP contribution >= 0.6 is 0 Å². The molecule has 2 amide bonds. The summed E-state index contributed by atoms with van der Waals surface area (Å²) in [6.45, 7) is 1.45. The Kier molecular flexibility index (Phi) is 4.94. The maximum atomic E-state index is 12.7. The average Bonchev–Trinajstić information content (AvgIpc) is 3.31. The van der Waals surface area contributed by atoms with E-state index in [2.05, 4.69) is 25.9 Å². The third-order valence-corrected chi connectivity index (χ3v) is 4.08. The zero-order chi connectivity index (χ0) is 20.4. The highest BCUT2D eigenvalue weighted by molar-refractivity contribution is 6.11. The molecule has 3 aromatic rings. The number of rotatable bonds is 6. The predicted octanol–water partition coefficient (Wildman–Crippen LogP) is 0.248. The van der Waals surface area contributed by atoms with Gasteiger partial charge in [0, 0.05) is 20.3 Å². The number of carbonyl (C=O) groups excluding carboxylic acids is 2. The minimum atomic E-state index is -1.08. The molecule has 0 fully saturated rings. The van der Waals surface area contributed by atoms with Gasteiger partial charge >= 0.3 is 5.97 Å². The molecular weight excluding hydrogens is 368 g/mol. The standard InChI is InChI=1S/C16H18N8O4/c1-9-11(5-17-22(9)2)20-16(28)14-12(6-18-23(14)3)21-15(27)10-4-19-24(7-10)8-13(25)26/h4-7H,8H2,1-3H3,(H,20,28)(H,21,27)(H,25,26). The number of nitrogens with one attached hydrogen (secondary N) is 2. The first-order valence-electron chi connectivity index (χ1n) is 8.13. The van der Waals surface area contributed by atoms with E-state index < -0.39 is 17.8 Å². The lowest BCUT2D eigenvalue weighted by molar-refractivity contribution is -0.137. The molecule has 0 atom stereocenters. The topological polar surface area (TPSA) is 149 Å². The van der Waals surface area contributed by atoms with Crippen LogP contribution in [0.2, 0.25) is 0 Å². The number of hydrogen-bond donors (Lipinski definition) is 3. The molecule has 0 aliphatic carbocycles. The van der Waals surface area contributed by atoms with Gasteiger partial charge in [-0.1, -0.05) is 0 Å². The summed E-state index contributed by atoms with van der Waals surface area (Å²) in [6, 6.07) is 0. The number of anilines is 2. The molecule has 0 unspecified atom stereocenters. The molecule has 0 aromatic carbocycles. The van der Waals surface area contributed by atoms with E-state index in [1.807, 2.05) is 6.92 Å². The van der Waals surface area contributed by atoms with E-state index in [0.717, 1.165) is 10.4 Å². The maximum Gasteiger partial charge on any atom is 0.325 e. The van der Waals surface area contributed by atoms with Gasteiger partial charge < -0.3 is 15.7 Å². The van der Waals surface area contributed by atoms with Gasteiger partial charge in [-0.3, -0.25) is 28.4 Å². The van der Waals surface area contributed by atoms with Crippen LogP contribution in [0.1, 0.15) is 26.5 Å². The molecule has 3 heterocycles. The fourth-order valence-corrected chi connectivity index (χ4v) is 2.50. The minimum absolute atomic E-state index is 0.148. The summed E-state index contributed by atoms with van der Waals surface area (Å²) in [7, 11) is 3.33. The first-order chi connectivity index (χ1) is 13.3. The van der Waals surface area contributed by atoms with Gasteiger partial charge in [0.25, 0.3) is 11.8 Å². The molecule has 0 radical (unpaired) electrons. The normalized spacial score (nSPS) is 10.7. The van der Waals surface area contributed by atoms with Gasteiger partial charge in [0.15, 0.2) is 0 Å². The second-order valence-electron chi connectivity index (χ2n) is 6.03. The second kappa shape index (κ2) is 7.34. The van der Waals surface area contributed by atoms with Crippen molar-refractivity contribution in [1.29, 1.82) is 0 Å². The Morgan fingerprint density at radius 3 is 2.25 bits per heavy atom. The highest BCUT2D eigenvalue weighted by Gasteiger charge is 2.21. The highest BCUT2D eigenvalue weighted by Crippen LogP contribution is 2.19. The quantitative estimate of drug-likeness (QED) is 0.549. The lowest BCUT2D eigenvalue weighted by Crippen LogP contribution is -2.20. The number of carboxylic acid groups (broad SMARTS) is 1. The average molecular weight is 386 g/mol. The molecule has 12 nitrogen and oxygen atoms in total. The number of amides is 2. The van der Waals surface area contributed by atoms with Gasteiger partial charge in [-0.25, -0.2) is 0 Å². The van der Waals surface area contributed by atoms with Crippen LogP contribution in [0.4, 0.5) is 11.4 Å². The number of hydrogen-bond acceptors (Lipinski definition) is 6. The van der Waals surface area contributed by atoms with Crippen LogP contribution in [-0.2, 0) is 25.4 Å². The fourth-order valence-electron chi connectivity index (χ4n) is 2.50. The number of carbonyl (C=O) groups is 3. The molecule has 0 spiro atoms. The summed E-state index contributed by atoms with van der Waals surface area (Å²) in [6.07, 6.45) is 5.43. The number of aliphatic carboxylic acids is 1. The maximum absolute atomic E-state index is 12.7. The molecule has 12 heteroatoms. The van der Waals surface area contributed by atoms with Crippen molar-refractivity contribution in [3.05, 3.63) is 41.7 Å². The van der Waals surface area contributed by atoms with E-state index in [1.54, 1.807) is 18.8 Å². The highest BCUT2D eigenvalue weighted by atomic mass is 16.4. The van der Waals surface area contributed by atoms with Gasteiger partial charge in [-0.2, -0.15) is 15.3 Å². The Hall–Kier alpha value is -3.96. The number of aryl methyl sites for hydroxylation is 2. The van der Waals surface area contributed by atoms with Crippen LogP contribution < -0.4 is 10.6 Å². The van der Waals surface area contributed by atoms with E-state index >= 15 is 0 Å². The SMILES string of the molecule is Cc1c(NC(=O)c2c(NC(=O)c3cnn(CC(=O)O)c3)cnn2C)cnn1C. The van der Waals surface area contributed by atoms with E-state index in [4.69, 9.17) is 5.11 Å². The Balaban J connectivity index is 1.77. The molecule has 0 bridgehead atoms. The van der Waals surface area contributed by atoms with Crippen LogP contribution in [-0.4, -0.2) is 52.2 Å². The monoisotopic (exact) mass is 386 g/mol. The molecule has 28 heavy (non-hydrogen) atoms. The van der Waals surface area contributed by atoms with Crippen molar-refractivity contribution in [2.45, 2.75) is 13.5 Å². The lowest BCUT2D eigenvalue weighted by Gasteiger charge is -2.08. The van der Waals surface area contributed by atoms with Gasteiger partial charge in [-0.05, 0) is 6.92 Å². The van der Waals surface area contributed by atoms with Crippen molar-refractivity contribution in [3.63, 3.8) is 0 Å². The van der Waals surface area contributed by atoms with Crippen LogP contribution in [0.5, 0.6) is 0 Å². The Labute approximate surface area is 158 Å². The molecule has 0 aliphatic heterocycles. The van der Waals surface area contributed by atoms with Gasteiger partial charge in [0.2, 0.25) is 0 Å². The first-order valence-corrected chi connectivity index (χ1v) is 8.13. The molecule has 0 saturated heterocycles. The van der Waals surface area contributed by atoms with E-state index in [9.17, 15) is 14.4 Å². The summed E-state index contributed by atoms with van der Waals surface area (Å²) in [5.41, 5.74) is 1.82. The zero-order valence-electron chi connectivity index (χ0n) is 15.4. The van der Waals surface area contributed by atoms with Gasteiger partial charge in [0.05, 0.1) is 41.2 Å². The number of aromatic nitrogens is 6.